The van der Waals surface area contributed by atoms with Gasteiger partial charge in [0.25, 0.3) is 5.91 Å². The first-order valence-electron chi connectivity index (χ1n) is 7.92. The molecule has 0 N–H and O–H groups in total. The maximum Gasteiger partial charge on any atom is 0.266 e. The van der Waals surface area contributed by atoms with Crippen molar-refractivity contribution in [2.45, 2.75) is 13.8 Å². The lowest BCUT2D eigenvalue weighted by Gasteiger charge is -2.12. The number of thioether (sulfide) groups is 1. The number of aliphatic imine (C=N–C) groups is 1. The van der Waals surface area contributed by atoms with Gasteiger partial charge >= 0.3 is 0 Å². The number of ether oxygens (including phenoxy) is 2. The topological polar surface area (TPSA) is 51.1 Å². The molecule has 1 aliphatic rings. The second kappa shape index (κ2) is 9.10. The van der Waals surface area contributed by atoms with Gasteiger partial charge in [-0.05, 0) is 65.3 Å². The Hall–Kier alpha value is -1.73. The molecule has 0 unspecified atom stereocenters. The van der Waals surface area contributed by atoms with Crippen molar-refractivity contribution in [2.75, 3.05) is 26.8 Å². The van der Waals surface area contributed by atoms with Crippen molar-refractivity contribution in [3.05, 3.63) is 39.7 Å². The summed E-state index contributed by atoms with van der Waals surface area (Å²) in [5, 5.41) is 0.748. The van der Waals surface area contributed by atoms with Crippen LogP contribution in [-0.4, -0.2) is 42.8 Å². The van der Waals surface area contributed by atoms with Crippen LogP contribution in [0.3, 0.4) is 0 Å². The lowest BCUT2D eigenvalue weighted by Crippen LogP contribution is -2.28. The third-order valence-corrected chi connectivity index (χ3v) is 5.03. The number of carbonyl (C=O) groups excluding carboxylic acids is 1. The van der Waals surface area contributed by atoms with Crippen LogP contribution < -0.4 is 9.47 Å². The highest BCUT2D eigenvalue weighted by Gasteiger charge is 2.31. The van der Waals surface area contributed by atoms with Gasteiger partial charge in [0, 0.05) is 13.1 Å². The predicted molar refractivity (Wildman–Crippen MR) is 107 cm³/mol. The van der Waals surface area contributed by atoms with Gasteiger partial charge in [-0.2, -0.15) is 0 Å². The van der Waals surface area contributed by atoms with E-state index in [1.165, 1.54) is 11.8 Å². The molecule has 0 bridgehead atoms. The molecule has 0 atom stereocenters. The van der Waals surface area contributed by atoms with Gasteiger partial charge in [-0.3, -0.25) is 14.7 Å². The smallest absolute Gasteiger partial charge is 0.266 e. The van der Waals surface area contributed by atoms with Crippen LogP contribution >= 0.6 is 27.7 Å². The molecule has 1 heterocycles. The quantitative estimate of drug-likeness (QED) is 0.482. The normalized spacial score (nSPS) is 17.4. The van der Waals surface area contributed by atoms with Crippen molar-refractivity contribution < 1.29 is 14.3 Å². The maximum absolute atomic E-state index is 12.6. The van der Waals surface area contributed by atoms with Crippen LogP contribution in [0.4, 0.5) is 0 Å². The average Bonchev–Trinajstić information content (AvgIpc) is 2.88. The van der Waals surface area contributed by atoms with Crippen LogP contribution in [0.5, 0.6) is 11.5 Å². The largest absolute Gasteiger partial charge is 0.493 e. The Labute approximate surface area is 160 Å². The molecule has 1 aromatic carbocycles. The second-order valence-electron chi connectivity index (χ2n) is 5.05. The third-order valence-electron chi connectivity index (χ3n) is 3.39. The standard InChI is InChI=1S/C18H21BrN2O3S/c1-5-8-24-16-13(19)9-12(10-14(16)23-4)11-15-17(22)21(7-3)18(25-15)20-6-2/h5,9-11H,1,6-8H2,2-4H3/b15-11+,20-18?. The number of amidine groups is 1. The molecule has 1 aromatic rings. The Morgan fingerprint density at radius 3 is 2.76 bits per heavy atom. The lowest BCUT2D eigenvalue weighted by molar-refractivity contribution is -0.122. The molecule has 0 radical (unpaired) electrons. The number of rotatable bonds is 7. The zero-order chi connectivity index (χ0) is 18.4. The summed E-state index contributed by atoms with van der Waals surface area (Å²) in [6.07, 6.45) is 3.52. The Bertz CT molecular complexity index is 731. The number of hydrogen-bond donors (Lipinski definition) is 0. The molecule has 1 fully saturated rings. The number of halogens is 1. The van der Waals surface area contributed by atoms with Gasteiger partial charge in [0.1, 0.15) is 6.61 Å². The first-order valence-corrected chi connectivity index (χ1v) is 9.53. The Balaban J connectivity index is 2.37. The van der Waals surface area contributed by atoms with E-state index in [9.17, 15) is 4.79 Å². The van der Waals surface area contributed by atoms with Crippen LogP contribution in [0.1, 0.15) is 19.4 Å². The zero-order valence-electron chi connectivity index (χ0n) is 14.5. The molecule has 7 heteroatoms. The van der Waals surface area contributed by atoms with Gasteiger partial charge in [0.15, 0.2) is 16.7 Å². The van der Waals surface area contributed by atoms with Crippen molar-refractivity contribution in [2.24, 2.45) is 4.99 Å². The minimum Gasteiger partial charge on any atom is -0.493 e. The molecule has 2 rings (SSSR count). The molecule has 0 aliphatic carbocycles. The Morgan fingerprint density at radius 1 is 1.40 bits per heavy atom. The number of amides is 1. The molecule has 0 aromatic heterocycles. The van der Waals surface area contributed by atoms with Gasteiger partial charge in [-0.15, -0.1) is 0 Å². The summed E-state index contributed by atoms with van der Waals surface area (Å²) in [7, 11) is 1.58. The molecule has 1 amide bonds. The van der Waals surface area contributed by atoms with E-state index in [2.05, 4.69) is 27.5 Å². The fraction of sp³-hybridized carbons (Fsp3) is 0.333. The molecule has 1 aliphatic heterocycles. The lowest BCUT2D eigenvalue weighted by atomic mass is 10.2. The summed E-state index contributed by atoms with van der Waals surface area (Å²) < 4.78 is 11.8. The van der Waals surface area contributed by atoms with Crippen LogP contribution in [0.15, 0.2) is 39.2 Å². The highest BCUT2D eigenvalue weighted by molar-refractivity contribution is 9.10. The van der Waals surface area contributed by atoms with E-state index in [1.54, 1.807) is 18.1 Å². The van der Waals surface area contributed by atoms with Gasteiger partial charge in [0.2, 0.25) is 0 Å². The van der Waals surface area contributed by atoms with Crippen LogP contribution in [-0.2, 0) is 4.79 Å². The molecule has 25 heavy (non-hydrogen) atoms. The number of nitrogens with zero attached hydrogens (tertiary/aromatic N) is 2. The molecule has 5 nitrogen and oxygen atoms in total. The Kier molecular flexibility index (Phi) is 7.13. The second-order valence-corrected chi connectivity index (χ2v) is 6.91. The van der Waals surface area contributed by atoms with Crippen molar-refractivity contribution in [1.29, 1.82) is 0 Å². The van der Waals surface area contributed by atoms with E-state index in [-0.39, 0.29) is 5.91 Å². The predicted octanol–water partition coefficient (Wildman–Crippen LogP) is 4.33. The molecular weight excluding hydrogens is 404 g/mol. The molecule has 1 saturated heterocycles. The van der Waals surface area contributed by atoms with E-state index in [1.807, 2.05) is 32.1 Å². The van der Waals surface area contributed by atoms with Crippen molar-refractivity contribution in [3.8, 4) is 11.5 Å². The van der Waals surface area contributed by atoms with E-state index >= 15 is 0 Å². The zero-order valence-corrected chi connectivity index (χ0v) is 16.9. The highest BCUT2D eigenvalue weighted by atomic mass is 79.9. The summed E-state index contributed by atoms with van der Waals surface area (Å²) in [4.78, 5) is 19.3. The maximum atomic E-state index is 12.6. The van der Waals surface area contributed by atoms with Crippen molar-refractivity contribution >= 4 is 44.8 Å². The van der Waals surface area contributed by atoms with Gasteiger partial charge < -0.3 is 9.47 Å². The number of methoxy groups -OCH3 is 1. The Morgan fingerprint density at radius 2 is 2.16 bits per heavy atom. The van der Waals surface area contributed by atoms with E-state index in [0.717, 1.165) is 15.2 Å². The molecule has 134 valence electrons. The van der Waals surface area contributed by atoms with Gasteiger partial charge in [0.05, 0.1) is 16.5 Å². The summed E-state index contributed by atoms with van der Waals surface area (Å²) in [5.41, 5.74) is 0.847. The number of benzene rings is 1. The van der Waals surface area contributed by atoms with E-state index in [4.69, 9.17) is 9.47 Å². The van der Waals surface area contributed by atoms with Gasteiger partial charge in [-0.1, -0.05) is 12.7 Å². The fourth-order valence-corrected chi connectivity index (χ4v) is 3.98. The third kappa shape index (κ3) is 4.46. The number of hydrogen-bond acceptors (Lipinski definition) is 5. The summed E-state index contributed by atoms with van der Waals surface area (Å²) >= 11 is 4.90. The SMILES string of the molecule is C=CCOc1c(Br)cc(/C=C2/SC(=NCC)N(CC)C2=O)cc1OC. The first-order chi connectivity index (χ1) is 12.0. The van der Waals surface area contributed by atoms with Crippen molar-refractivity contribution in [3.63, 3.8) is 0 Å². The minimum absolute atomic E-state index is 0.0261. The molecular formula is C18H21BrN2O3S. The monoisotopic (exact) mass is 424 g/mol. The average molecular weight is 425 g/mol. The summed E-state index contributed by atoms with van der Waals surface area (Å²) in [6, 6.07) is 3.74. The van der Waals surface area contributed by atoms with Crippen molar-refractivity contribution in [1.82, 2.24) is 4.90 Å². The summed E-state index contributed by atoms with van der Waals surface area (Å²) in [5.74, 6) is 1.17. The van der Waals surface area contributed by atoms with Crippen LogP contribution in [0.25, 0.3) is 6.08 Å². The number of carbonyl (C=O) groups is 1. The minimum atomic E-state index is -0.0261. The molecule has 0 saturated carbocycles. The highest BCUT2D eigenvalue weighted by Crippen LogP contribution is 2.39. The molecule has 0 spiro atoms. The van der Waals surface area contributed by atoms with Crippen LogP contribution in [0, 0.1) is 0 Å². The summed E-state index contributed by atoms with van der Waals surface area (Å²) in [6.45, 7) is 9.17. The fourth-order valence-electron chi connectivity index (χ4n) is 2.30. The van der Waals surface area contributed by atoms with E-state index in [0.29, 0.717) is 36.1 Å². The number of likely N-dealkylation sites (N-methyl/N-ethyl adjacent to an activating group) is 1. The van der Waals surface area contributed by atoms with E-state index < -0.39 is 0 Å². The van der Waals surface area contributed by atoms with Crippen LogP contribution in [0.2, 0.25) is 0 Å². The first kappa shape index (κ1) is 19.6. The van der Waals surface area contributed by atoms with Gasteiger partial charge in [-0.25, -0.2) is 0 Å².